The molecule has 1 saturated heterocycles. The SMILES string of the molecule is OC[C@H]1CNCCS1. The van der Waals surface area contributed by atoms with Crippen molar-refractivity contribution in [3.05, 3.63) is 0 Å². The summed E-state index contributed by atoms with van der Waals surface area (Å²) in [4.78, 5) is 0. The van der Waals surface area contributed by atoms with Gasteiger partial charge < -0.3 is 10.4 Å². The van der Waals surface area contributed by atoms with E-state index in [1.807, 2.05) is 11.8 Å². The molecule has 0 unspecified atom stereocenters. The van der Waals surface area contributed by atoms with Crippen LogP contribution in [0.2, 0.25) is 0 Å². The highest BCUT2D eigenvalue weighted by Gasteiger charge is 2.10. The van der Waals surface area contributed by atoms with Crippen LogP contribution in [0.3, 0.4) is 0 Å². The fourth-order valence-electron chi connectivity index (χ4n) is 0.737. The summed E-state index contributed by atoms with van der Waals surface area (Å²) in [5.74, 6) is 1.14. The third kappa shape index (κ3) is 1.65. The summed E-state index contributed by atoms with van der Waals surface area (Å²) in [5, 5.41) is 12.3. The van der Waals surface area contributed by atoms with E-state index < -0.39 is 0 Å². The van der Waals surface area contributed by atoms with Gasteiger partial charge in [0, 0.05) is 24.1 Å². The molecule has 0 bridgehead atoms. The van der Waals surface area contributed by atoms with Gasteiger partial charge in [0.2, 0.25) is 0 Å². The van der Waals surface area contributed by atoms with Gasteiger partial charge in [-0.15, -0.1) is 0 Å². The van der Waals surface area contributed by atoms with Gasteiger partial charge in [-0.25, -0.2) is 0 Å². The number of aliphatic hydroxyl groups is 1. The third-order valence-electron chi connectivity index (χ3n) is 1.21. The number of hydrogen-bond acceptors (Lipinski definition) is 3. The Morgan fingerprint density at radius 2 is 2.62 bits per heavy atom. The van der Waals surface area contributed by atoms with Crippen molar-refractivity contribution in [2.24, 2.45) is 0 Å². The summed E-state index contributed by atoms with van der Waals surface area (Å²) in [6.07, 6.45) is 0. The highest BCUT2D eigenvalue weighted by Crippen LogP contribution is 2.11. The Kier molecular flexibility index (Phi) is 2.66. The smallest absolute Gasteiger partial charge is 0.0562 e. The first-order valence-electron chi connectivity index (χ1n) is 2.86. The molecule has 3 heteroatoms. The predicted octanol–water partition coefficient (Wildman–Crippen LogP) is -0.316. The van der Waals surface area contributed by atoms with Crippen molar-refractivity contribution >= 4 is 11.8 Å². The second-order valence-corrected chi connectivity index (χ2v) is 3.29. The maximum absolute atomic E-state index is 8.63. The Bertz CT molecular complexity index is 63.4. The first-order valence-corrected chi connectivity index (χ1v) is 3.91. The Hall–Kier alpha value is 0.270. The molecule has 2 nitrogen and oxygen atoms in total. The van der Waals surface area contributed by atoms with E-state index in [2.05, 4.69) is 5.32 Å². The van der Waals surface area contributed by atoms with Gasteiger partial charge in [-0.1, -0.05) is 0 Å². The summed E-state index contributed by atoms with van der Waals surface area (Å²) in [6.45, 7) is 2.39. The lowest BCUT2D eigenvalue weighted by molar-refractivity contribution is 0.290. The molecule has 1 heterocycles. The molecule has 1 aliphatic rings. The van der Waals surface area contributed by atoms with Crippen LogP contribution in [0.15, 0.2) is 0 Å². The van der Waals surface area contributed by atoms with E-state index in [1.165, 1.54) is 0 Å². The van der Waals surface area contributed by atoms with E-state index in [1.54, 1.807) is 0 Å². The Morgan fingerprint density at radius 1 is 1.75 bits per heavy atom. The second-order valence-electron chi connectivity index (χ2n) is 1.88. The molecule has 1 aliphatic heterocycles. The van der Waals surface area contributed by atoms with Gasteiger partial charge in [0.1, 0.15) is 0 Å². The van der Waals surface area contributed by atoms with E-state index in [-0.39, 0.29) is 0 Å². The standard InChI is InChI=1S/C5H11NOS/c7-4-5-3-6-1-2-8-5/h5-7H,1-4H2/t5-/m1/s1. The molecule has 2 N–H and O–H groups in total. The molecule has 0 aromatic rings. The molecule has 0 radical (unpaired) electrons. The molecule has 0 aromatic heterocycles. The van der Waals surface area contributed by atoms with Crippen LogP contribution >= 0.6 is 11.8 Å². The lowest BCUT2D eigenvalue weighted by atomic mass is 10.4. The minimum Gasteiger partial charge on any atom is -0.395 e. The quantitative estimate of drug-likeness (QED) is 0.514. The first kappa shape index (κ1) is 6.39. The zero-order valence-corrected chi connectivity index (χ0v) is 5.58. The second kappa shape index (κ2) is 3.33. The molecule has 48 valence electrons. The fraction of sp³-hybridized carbons (Fsp3) is 1.00. The van der Waals surface area contributed by atoms with Crippen LogP contribution in [0.5, 0.6) is 0 Å². The van der Waals surface area contributed by atoms with Gasteiger partial charge in [-0.2, -0.15) is 11.8 Å². The summed E-state index contributed by atoms with van der Waals surface area (Å²) < 4.78 is 0. The Morgan fingerprint density at radius 3 is 3.00 bits per heavy atom. The molecule has 0 saturated carbocycles. The van der Waals surface area contributed by atoms with Crippen molar-refractivity contribution in [2.75, 3.05) is 25.4 Å². The summed E-state index contributed by atoms with van der Waals surface area (Å²) in [5.41, 5.74) is 0. The van der Waals surface area contributed by atoms with Crippen LogP contribution in [0, 0.1) is 0 Å². The lowest BCUT2D eigenvalue weighted by Crippen LogP contribution is -2.34. The van der Waals surface area contributed by atoms with E-state index in [0.29, 0.717) is 11.9 Å². The topological polar surface area (TPSA) is 32.3 Å². The maximum atomic E-state index is 8.63. The van der Waals surface area contributed by atoms with Gasteiger partial charge in [0.15, 0.2) is 0 Å². The van der Waals surface area contributed by atoms with Crippen molar-refractivity contribution in [1.82, 2.24) is 5.32 Å². The molecular weight excluding hydrogens is 122 g/mol. The van der Waals surface area contributed by atoms with Gasteiger partial charge >= 0.3 is 0 Å². The molecule has 8 heavy (non-hydrogen) atoms. The van der Waals surface area contributed by atoms with Crippen LogP contribution in [-0.2, 0) is 0 Å². The van der Waals surface area contributed by atoms with E-state index in [4.69, 9.17) is 5.11 Å². The van der Waals surface area contributed by atoms with Gasteiger partial charge in [-0.05, 0) is 0 Å². The number of nitrogens with one attached hydrogen (secondary N) is 1. The van der Waals surface area contributed by atoms with Gasteiger partial charge in [0.25, 0.3) is 0 Å². The van der Waals surface area contributed by atoms with Crippen LogP contribution < -0.4 is 5.32 Å². The van der Waals surface area contributed by atoms with Crippen LogP contribution in [0.4, 0.5) is 0 Å². The fourth-order valence-corrected chi connectivity index (χ4v) is 1.67. The predicted molar refractivity (Wildman–Crippen MR) is 36.2 cm³/mol. The normalized spacial score (nSPS) is 30.4. The van der Waals surface area contributed by atoms with Crippen LogP contribution in [0.1, 0.15) is 0 Å². The number of hydrogen-bond donors (Lipinski definition) is 2. The number of rotatable bonds is 1. The summed E-state index contributed by atoms with van der Waals surface area (Å²) in [7, 11) is 0. The molecule has 1 rings (SSSR count). The first-order chi connectivity index (χ1) is 3.93. The van der Waals surface area contributed by atoms with Crippen molar-refractivity contribution in [1.29, 1.82) is 0 Å². The molecule has 1 fully saturated rings. The molecule has 1 atom stereocenters. The zero-order chi connectivity index (χ0) is 5.82. The minimum absolute atomic E-state index is 0.317. The average Bonchev–Trinajstić information content (AvgIpc) is 1.90. The van der Waals surface area contributed by atoms with E-state index in [9.17, 15) is 0 Å². The van der Waals surface area contributed by atoms with Crippen LogP contribution in [0.25, 0.3) is 0 Å². The number of thioether (sulfide) groups is 1. The van der Waals surface area contributed by atoms with Crippen molar-refractivity contribution in [2.45, 2.75) is 5.25 Å². The molecule has 0 spiro atoms. The Labute approximate surface area is 53.7 Å². The molecule has 0 aromatic carbocycles. The summed E-state index contributed by atoms with van der Waals surface area (Å²) in [6, 6.07) is 0. The largest absolute Gasteiger partial charge is 0.395 e. The van der Waals surface area contributed by atoms with E-state index in [0.717, 1.165) is 18.8 Å². The Balaban J connectivity index is 2.13. The van der Waals surface area contributed by atoms with Gasteiger partial charge in [-0.3, -0.25) is 0 Å². The maximum Gasteiger partial charge on any atom is 0.0562 e. The average molecular weight is 133 g/mol. The molecule has 0 aliphatic carbocycles. The van der Waals surface area contributed by atoms with Crippen molar-refractivity contribution < 1.29 is 5.11 Å². The summed E-state index contributed by atoms with van der Waals surface area (Å²) >= 11 is 1.85. The van der Waals surface area contributed by atoms with Gasteiger partial charge in [0.05, 0.1) is 6.61 Å². The number of aliphatic hydroxyl groups excluding tert-OH is 1. The monoisotopic (exact) mass is 133 g/mol. The minimum atomic E-state index is 0.317. The van der Waals surface area contributed by atoms with Crippen molar-refractivity contribution in [3.63, 3.8) is 0 Å². The zero-order valence-electron chi connectivity index (χ0n) is 4.76. The molecule has 0 amide bonds. The van der Waals surface area contributed by atoms with E-state index >= 15 is 0 Å². The molecular formula is C5H11NOS. The highest BCUT2D eigenvalue weighted by molar-refractivity contribution is 8.00. The highest BCUT2D eigenvalue weighted by atomic mass is 32.2. The van der Waals surface area contributed by atoms with Crippen LogP contribution in [-0.4, -0.2) is 35.8 Å². The third-order valence-corrected chi connectivity index (χ3v) is 2.44. The van der Waals surface area contributed by atoms with Crippen molar-refractivity contribution in [3.8, 4) is 0 Å². The lowest BCUT2D eigenvalue weighted by Gasteiger charge is -2.19.